The van der Waals surface area contributed by atoms with Crippen molar-refractivity contribution in [3.05, 3.63) is 0 Å². The van der Waals surface area contributed by atoms with E-state index in [9.17, 15) is 8.42 Å². The molecule has 7 heteroatoms. The van der Waals surface area contributed by atoms with Crippen LogP contribution in [0.2, 0.25) is 0 Å². The van der Waals surface area contributed by atoms with Gasteiger partial charge in [0.15, 0.2) is 15.8 Å². The lowest BCUT2D eigenvalue weighted by Gasteiger charge is -2.21. The van der Waals surface area contributed by atoms with Crippen LogP contribution in [0.1, 0.15) is 47.0 Å². The molecular formula is C15H31N3O2S2. The van der Waals surface area contributed by atoms with Crippen molar-refractivity contribution < 1.29 is 8.42 Å². The van der Waals surface area contributed by atoms with Crippen molar-refractivity contribution in [1.29, 1.82) is 0 Å². The summed E-state index contributed by atoms with van der Waals surface area (Å²) in [5.74, 6) is 1.99. The zero-order valence-corrected chi connectivity index (χ0v) is 16.1. The van der Waals surface area contributed by atoms with Gasteiger partial charge in [-0.2, -0.15) is 11.8 Å². The molecule has 2 unspecified atom stereocenters. The SMILES string of the molecule is CCSC1CCC(NC(=NC)NCCS(=O)(=O)C(C)(C)C)C1. The van der Waals surface area contributed by atoms with Gasteiger partial charge in [0.1, 0.15) is 0 Å². The fraction of sp³-hybridized carbons (Fsp3) is 0.933. The average molecular weight is 350 g/mol. The highest BCUT2D eigenvalue weighted by Gasteiger charge is 2.28. The fourth-order valence-electron chi connectivity index (χ4n) is 2.46. The van der Waals surface area contributed by atoms with Crippen LogP contribution >= 0.6 is 11.8 Å². The fourth-order valence-corrected chi connectivity index (χ4v) is 4.58. The average Bonchev–Trinajstić information content (AvgIpc) is 2.84. The van der Waals surface area contributed by atoms with Crippen LogP contribution in [-0.4, -0.2) is 55.5 Å². The van der Waals surface area contributed by atoms with Gasteiger partial charge in [-0.3, -0.25) is 4.99 Å². The zero-order chi connectivity index (χ0) is 16.8. The van der Waals surface area contributed by atoms with E-state index in [0.29, 0.717) is 18.5 Å². The Hall–Kier alpha value is -0.430. The highest BCUT2D eigenvalue weighted by atomic mass is 32.2. The highest BCUT2D eigenvalue weighted by molar-refractivity contribution is 7.99. The van der Waals surface area contributed by atoms with Gasteiger partial charge >= 0.3 is 0 Å². The molecule has 2 N–H and O–H groups in total. The normalized spacial score (nSPS) is 23.6. The molecule has 0 saturated heterocycles. The Morgan fingerprint density at radius 1 is 1.32 bits per heavy atom. The van der Waals surface area contributed by atoms with Crippen molar-refractivity contribution in [3.63, 3.8) is 0 Å². The van der Waals surface area contributed by atoms with Gasteiger partial charge in [0.2, 0.25) is 0 Å². The second kappa shape index (κ2) is 8.43. The number of rotatable bonds is 6. The minimum atomic E-state index is -3.09. The summed E-state index contributed by atoms with van der Waals surface area (Å²) in [6, 6.07) is 0.439. The maximum absolute atomic E-state index is 12.1. The Bertz CT molecular complexity index is 470. The van der Waals surface area contributed by atoms with Crippen molar-refractivity contribution in [3.8, 4) is 0 Å². The van der Waals surface area contributed by atoms with E-state index in [2.05, 4.69) is 22.5 Å². The van der Waals surface area contributed by atoms with Crippen LogP contribution in [0.5, 0.6) is 0 Å². The topological polar surface area (TPSA) is 70.6 Å². The van der Waals surface area contributed by atoms with E-state index < -0.39 is 14.6 Å². The van der Waals surface area contributed by atoms with Crippen molar-refractivity contribution in [2.24, 2.45) is 4.99 Å². The second-order valence-corrected chi connectivity index (χ2v) is 11.1. The molecule has 1 aliphatic carbocycles. The molecule has 1 aliphatic rings. The third kappa shape index (κ3) is 5.99. The Kier molecular flexibility index (Phi) is 7.52. The molecule has 130 valence electrons. The maximum atomic E-state index is 12.1. The van der Waals surface area contributed by atoms with E-state index in [4.69, 9.17) is 0 Å². The number of sulfone groups is 1. The molecule has 0 heterocycles. The number of aliphatic imine (C=N–C) groups is 1. The lowest BCUT2D eigenvalue weighted by Crippen LogP contribution is -2.45. The quantitative estimate of drug-likeness (QED) is 0.567. The van der Waals surface area contributed by atoms with Crippen molar-refractivity contribution in [2.45, 2.75) is 63.0 Å². The molecule has 0 aromatic rings. The van der Waals surface area contributed by atoms with Crippen molar-refractivity contribution in [1.82, 2.24) is 10.6 Å². The van der Waals surface area contributed by atoms with Crippen LogP contribution in [0.25, 0.3) is 0 Å². The summed E-state index contributed by atoms with van der Waals surface area (Å²) < 4.78 is 23.4. The summed E-state index contributed by atoms with van der Waals surface area (Å²) in [5, 5.41) is 7.27. The highest BCUT2D eigenvalue weighted by Crippen LogP contribution is 2.29. The van der Waals surface area contributed by atoms with Crippen LogP contribution in [-0.2, 0) is 9.84 Å². The monoisotopic (exact) mass is 349 g/mol. The first-order valence-electron chi connectivity index (χ1n) is 8.00. The lowest BCUT2D eigenvalue weighted by molar-refractivity contribution is 0.558. The van der Waals surface area contributed by atoms with E-state index in [-0.39, 0.29) is 5.75 Å². The van der Waals surface area contributed by atoms with E-state index in [0.717, 1.165) is 23.8 Å². The van der Waals surface area contributed by atoms with Gasteiger partial charge in [-0.15, -0.1) is 0 Å². The second-order valence-electron chi connectivity index (χ2n) is 6.66. The van der Waals surface area contributed by atoms with Gasteiger partial charge in [-0.25, -0.2) is 8.42 Å². The first-order chi connectivity index (χ1) is 10.2. The molecule has 1 rings (SSSR count). The van der Waals surface area contributed by atoms with Gasteiger partial charge < -0.3 is 10.6 Å². The van der Waals surface area contributed by atoms with Crippen LogP contribution < -0.4 is 10.6 Å². The molecule has 2 atom stereocenters. The van der Waals surface area contributed by atoms with Crippen molar-refractivity contribution in [2.75, 3.05) is 25.1 Å². The molecule has 1 saturated carbocycles. The molecule has 5 nitrogen and oxygen atoms in total. The van der Waals surface area contributed by atoms with Crippen molar-refractivity contribution >= 4 is 27.6 Å². The molecule has 0 aromatic carbocycles. The lowest BCUT2D eigenvalue weighted by atomic mass is 10.2. The van der Waals surface area contributed by atoms with E-state index in [1.807, 2.05) is 11.8 Å². The molecule has 0 spiro atoms. The summed E-state index contributed by atoms with van der Waals surface area (Å²) in [5.41, 5.74) is 0. The molecule has 0 amide bonds. The standard InChI is InChI=1S/C15H31N3O2S2/c1-6-21-13-8-7-12(11-13)18-14(16-5)17-9-10-22(19,20)15(2,3)4/h12-13H,6-11H2,1-5H3,(H2,16,17,18). The molecule has 0 aromatic heterocycles. The molecule has 0 radical (unpaired) electrons. The summed E-state index contributed by atoms with van der Waals surface area (Å²) >= 11 is 2.02. The Labute approximate surface area is 140 Å². The van der Waals surface area contributed by atoms with Crippen LogP contribution in [0.15, 0.2) is 4.99 Å². The summed E-state index contributed by atoms with van der Waals surface area (Å²) in [7, 11) is -1.37. The molecule has 22 heavy (non-hydrogen) atoms. The van der Waals surface area contributed by atoms with Crippen LogP contribution in [0, 0.1) is 0 Å². The predicted octanol–water partition coefficient (Wildman–Crippen LogP) is 2.04. The number of guanidine groups is 1. The van der Waals surface area contributed by atoms with E-state index in [1.165, 1.54) is 6.42 Å². The number of nitrogens with zero attached hydrogens (tertiary/aromatic N) is 1. The summed E-state index contributed by atoms with van der Waals surface area (Å²) in [4.78, 5) is 4.20. The molecular weight excluding hydrogens is 318 g/mol. The third-order valence-corrected chi connectivity index (χ3v) is 7.79. The first-order valence-corrected chi connectivity index (χ1v) is 10.7. The maximum Gasteiger partial charge on any atom is 0.191 e. The zero-order valence-electron chi connectivity index (χ0n) is 14.5. The Morgan fingerprint density at radius 2 is 2.00 bits per heavy atom. The smallest absolute Gasteiger partial charge is 0.191 e. The molecule has 0 bridgehead atoms. The summed E-state index contributed by atoms with van der Waals surface area (Å²) in [6.07, 6.45) is 3.55. The third-order valence-electron chi connectivity index (χ3n) is 3.95. The van der Waals surface area contributed by atoms with E-state index in [1.54, 1.807) is 27.8 Å². The number of nitrogens with one attached hydrogen (secondary N) is 2. The minimum Gasteiger partial charge on any atom is -0.355 e. The van der Waals surface area contributed by atoms with Gasteiger partial charge in [-0.05, 0) is 45.8 Å². The number of hydrogen-bond donors (Lipinski definition) is 2. The number of thioether (sulfide) groups is 1. The van der Waals surface area contributed by atoms with E-state index >= 15 is 0 Å². The largest absolute Gasteiger partial charge is 0.355 e. The van der Waals surface area contributed by atoms with Gasteiger partial charge in [0, 0.05) is 24.9 Å². The van der Waals surface area contributed by atoms with Gasteiger partial charge in [0.25, 0.3) is 0 Å². The summed E-state index contributed by atoms with van der Waals surface area (Å²) in [6.45, 7) is 7.79. The Balaban J connectivity index is 2.38. The van der Waals surface area contributed by atoms with Crippen LogP contribution in [0.3, 0.4) is 0 Å². The van der Waals surface area contributed by atoms with Gasteiger partial charge in [-0.1, -0.05) is 6.92 Å². The minimum absolute atomic E-state index is 0.121. The number of hydrogen-bond acceptors (Lipinski definition) is 4. The first kappa shape index (κ1) is 19.6. The van der Waals surface area contributed by atoms with Crippen LogP contribution in [0.4, 0.5) is 0 Å². The Morgan fingerprint density at radius 3 is 2.55 bits per heavy atom. The van der Waals surface area contributed by atoms with Gasteiger partial charge in [0.05, 0.1) is 10.5 Å². The molecule has 1 fully saturated rings. The predicted molar refractivity (Wildman–Crippen MR) is 97.6 cm³/mol. The molecule has 0 aliphatic heterocycles.